The van der Waals surface area contributed by atoms with E-state index in [1.807, 2.05) is 19.1 Å². The highest BCUT2D eigenvalue weighted by Crippen LogP contribution is 2.40. The predicted octanol–water partition coefficient (Wildman–Crippen LogP) is 5.13. The number of furan rings is 1. The highest BCUT2D eigenvalue weighted by molar-refractivity contribution is 5.50. The number of hydrogen-bond acceptors (Lipinski definition) is 1. The Morgan fingerprint density at radius 3 is 2.53 bits per heavy atom. The van der Waals surface area contributed by atoms with Crippen molar-refractivity contribution in [3.8, 4) is 0 Å². The molecular weight excluding hydrogens is 208 g/mol. The van der Waals surface area contributed by atoms with Crippen molar-refractivity contribution in [3.05, 3.63) is 40.9 Å². The fourth-order valence-corrected chi connectivity index (χ4v) is 2.72. The van der Waals surface area contributed by atoms with Crippen LogP contribution in [0.5, 0.6) is 0 Å². The summed E-state index contributed by atoms with van der Waals surface area (Å²) in [6.07, 6.45) is 8.17. The van der Waals surface area contributed by atoms with Gasteiger partial charge in [-0.2, -0.15) is 0 Å². The fourth-order valence-electron chi connectivity index (χ4n) is 2.72. The van der Waals surface area contributed by atoms with Crippen LogP contribution in [0.15, 0.2) is 33.8 Å². The van der Waals surface area contributed by atoms with E-state index in [1.54, 1.807) is 0 Å². The predicted molar refractivity (Wildman–Crippen MR) is 72.8 cm³/mol. The quantitative estimate of drug-likeness (QED) is 0.686. The molecule has 0 amide bonds. The molecule has 1 aromatic rings. The third-order valence-electron chi connectivity index (χ3n) is 3.72. The van der Waals surface area contributed by atoms with Crippen LogP contribution in [-0.4, -0.2) is 0 Å². The first-order valence-electron chi connectivity index (χ1n) is 6.44. The number of hydrogen-bond donors (Lipinski definition) is 0. The monoisotopic (exact) mass is 230 g/mol. The maximum atomic E-state index is 5.57. The molecule has 92 valence electrons. The summed E-state index contributed by atoms with van der Waals surface area (Å²) in [4.78, 5) is 0. The van der Waals surface area contributed by atoms with Crippen molar-refractivity contribution in [1.82, 2.24) is 0 Å². The van der Waals surface area contributed by atoms with Gasteiger partial charge in [0, 0.05) is 0 Å². The smallest absolute Gasteiger partial charge is 0.127 e. The normalized spacial score (nSPS) is 20.2. The molecule has 1 aliphatic carbocycles. The number of rotatable bonds is 2. The average Bonchev–Trinajstić information content (AvgIpc) is 2.62. The molecule has 17 heavy (non-hydrogen) atoms. The van der Waals surface area contributed by atoms with E-state index in [9.17, 15) is 0 Å². The van der Waals surface area contributed by atoms with Crippen molar-refractivity contribution in [2.75, 3.05) is 0 Å². The highest BCUT2D eigenvalue weighted by Gasteiger charge is 2.26. The summed E-state index contributed by atoms with van der Waals surface area (Å²) in [6, 6.07) is 4.03. The van der Waals surface area contributed by atoms with Gasteiger partial charge in [0.25, 0.3) is 0 Å². The van der Waals surface area contributed by atoms with E-state index in [0.717, 1.165) is 11.5 Å². The Labute approximate surface area is 104 Å². The van der Waals surface area contributed by atoms with E-state index in [4.69, 9.17) is 4.42 Å². The van der Waals surface area contributed by atoms with Gasteiger partial charge >= 0.3 is 0 Å². The molecule has 1 heterocycles. The third-order valence-corrected chi connectivity index (χ3v) is 3.72. The van der Waals surface area contributed by atoms with Gasteiger partial charge in [-0.25, -0.2) is 0 Å². The van der Waals surface area contributed by atoms with Crippen LogP contribution in [0, 0.1) is 12.3 Å². The van der Waals surface area contributed by atoms with Crippen LogP contribution in [0.1, 0.15) is 51.6 Å². The minimum Gasteiger partial charge on any atom is -0.462 e. The van der Waals surface area contributed by atoms with E-state index in [2.05, 4.69) is 32.9 Å². The summed E-state index contributed by atoms with van der Waals surface area (Å²) in [5, 5.41) is 0. The van der Waals surface area contributed by atoms with Crippen LogP contribution in [0.25, 0.3) is 6.08 Å². The van der Waals surface area contributed by atoms with Crippen LogP contribution < -0.4 is 0 Å². The van der Waals surface area contributed by atoms with Gasteiger partial charge in [-0.3, -0.25) is 0 Å². The first-order valence-corrected chi connectivity index (χ1v) is 6.44. The first kappa shape index (κ1) is 12.2. The van der Waals surface area contributed by atoms with E-state index in [0.29, 0.717) is 5.41 Å². The lowest BCUT2D eigenvalue weighted by atomic mass is 9.72. The van der Waals surface area contributed by atoms with Crippen LogP contribution in [0.2, 0.25) is 0 Å². The highest BCUT2D eigenvalue weighted by atomic mass is 16.3. The molecule has 0 aromatic carbocycles. The summed E-state index contributed by atoms with van der Waals surface area (Å²) in [5.41, 5.74) is 3.32. The Balaban J connectivity index is 2.25. The standard InChI is InChI=1S/C16H22O/c1-12-6-5-11-16(3,4)15(12)10-9-14-8-7-13(2)17-14/h7-10H,5-6,11H2,1-4H3/b10-9+. The molecule has 0 fully saturated rings. The molecule has 1 heteroatoms. The van der Waals surface area contributed by atoms with Gasteiger partial charge in [-0.15, -0.1) is 0 Å². The van der Waals surface area contributed by atoms with Crippen molar-refractivity contribution >= 4 is 6.08 Å². The topological polar surface area (TPSA) is 13.1 Å². The van der Waals surface area contributed by atoms with Crippen LogP contribution >= 0.6 is 0 Å². The third kappa shape index (κ3) is 2.71. The lowest BCUT2D eigenvalue weighted by Gasteiger charge is -2.32. The Bertz CT molecular complexity index is 458. The molecule has 0 aliphatic heterocycles. The molecule has 0 saturated heterocycles. The van der Waals surface area contributed by atoms with Gasteiger partial charge in [0.2, 0.25) is 0 Å². The largest absolute Gasteiger partial charge is 0.462 e. The van der Waals surface area contributed by atoms with Gasteiger partial charge in [0.1, 0.15) is 11.5 Å². The zero-order valence-corrected chi connectivity index (χ0v) is 11.3. The first-order chi connectivity index (χ1) is 7.99. The SMILES string of the molecule is CC1=C(/C=C/c2ccc(C)o2)C(C)(C)CCC1. The summed E-state index contributed by atoms with van der Waals surface area (Å²) in [5.74, 6) is 1.92. The molecule has 0 bridgehead atoms. The summed E-state index contributed by atoms with van der Waals surface area (Å²) >= 11 is 0. The Morgan fingerprint density at radius 2 is 1.94 bits per heavy atom. The molecule has 0 radical (unpaired) electrons. The summed E-state index contributed by atoms with van der Waals surface area (Å²) in [7, 11) is 0. The van der Waals surface area contributed by atoms with E-state index in [-0.39, 0.29) is 0 Å². The van der Waals surface area contributed by atoms with Gasteiger partial charge in [0.15, 0.2) is 0 Å². The average molecular weight is 230 g/mol. The molecule has 0 N–H and O–H groups in total. The van der Waals surface area contributed by atoms with Gasteiger partial charge in [-0.05, 0) is 62.3 Å². The van der Waals surface area contributed by atoms with Crippen molar-refractivity contribution in [2.45, 2.75) is 47.0 Å². The Morgan fingerprint density at radius 1 is 1.18 bits per heavy atom. The maximum Gasteiger partial charge on any atom is 0.127 e. The van der Waals surface area contributed by atoms with Crippen LogP contribution in [-0.2, 0) is 0 Å². The Hall–Kier alpha value is -1.24. The summed E-state index contributed by atoms with van der Waals surface area (Å²) in [6.45, 7) is 8.91. The van der Waals surface area contributed by atoms with Crippen LogP contribution in [0.3, 0.4) is 0 Å². The second-order valence-corrected chi connectivity index (χ2v) is 5.71. The molecule has 2 rings (SSSR count). The zero-order valence-electron chi connectivity index (χ0n) is 11.3. The molecule has 1 nitrogen and oxygen atoms in total. The minimum absolute atomic E-state index is 0.306. The van der Waals surface area contributed by atoms with Crippen molar-refractivity contribution in [1.29, 1.82) is 0 Å². The second-order valence-electron chi connectivity index (χ2n) is 5.71. The van der Waals surface area contributed by atoms with Crippen LogP contribution in [0.4, 0.5) is 0 Å². The summed E-state index contributed by atoms with van der Waals surface area (Å²) < 4.78 is 5.57. The number of aryl methyl sites for hydroxylation is 1. The minimum atomic E-state index is 0.306. The van der Waals surface area contributed by atoms with Gasteiger partial charge in [0.05, 0.1) is 0 Å². The second kappa shape index (κ2) is 4.56. The molecular formula is C16H22O. The van der Waals surface area contributed by atoms with Crippen molar-refractivity contribution in [2.24, 2.45) is 5.41 Å². The molecule has 1 aliphatic rings. The van der Waals surface area contributed by atoms with Crippen molar-refractivity contribution < 1.29 is 4.42 Å². The van der Waals surface area contributed by atoms with Crippen molar-refractivity contribution in [3.63, 3.8) is 0 Å². The van der Waals surface area contributed by atoms with E-state index >= 15 is 0 Å². The Kier molecular flexibility index (Phi) is 3.28. The maximum absolute atomic E-state index is 5.57. The molecule has 1 aromatic heterocycles. The van der Waals surface area contributed by atoms with E-state index < -0.39 is 0 Å². The molecule has 0 atom stereocenters. The van der Waals surface area contributed by atoms with E-state index in [1.165, 1.54) is 30.4 Å². The number of allylic oxidation sites excluding steroid dienone is 3. The van der Waals surface area contributed by atoms with Gasteiger partial charge < -0.3 is 4.42 Å². The lowest BCUT2D eigenvalue weighted by Crippen LogP contribution is -2.18. The molecule has 0 spiro atoms. The molecule has 0 unspecified atom stereocenters. The lowest BCUT2D eigenvalue weighted by molar-refractivity contribution is 0.377. The zero-order chi connectivity index (χ0) is 12.5. The van der Waals surface area contributed by atoms with Gasteiger partial charge in [-0.1, -0.05) is 25.5 Å². The fraction of sp³-hybridized carbons (Fsp3) is 0.500. The molecule has 0 saturated carbocycles.